The monoisotopic (exact) mass is 186 g/mol. The second-order valence-corrected chi connectivity index (χ2v) is 3.18. The molecular weight excluding hydrogens is 176 g/mol. The normalized spacial score (nSPS) is 10.7. The van der Waals surface area contributed by atoms with Crippen molar-refractivity contribution in [2.45, 2.75) is 19.8 Å². The van der Waals surface area contributed by atoms with Crippen molar-refractivity contribution in [3.63, 3.8) is 0 Å². The molecule has 1 rings (SSSR count). The van der Waals surface area contributed by atoms with Gasteiger partial charge in [-0.3, -0.25) is 0 Å². The Labute approximate surface area is 75.9 Å². The number of anilines is 2. The highest BCUT2D eigenvalue weighted by Crippen LogP contribution is 2.23. The molecule has 12 heavy (non-hydrogen) atoms. The highest BCUT2D eigenvalue weighted by Gasteiger charge is 2.09. The number of nitrogens with zero attached hydrogens (tertiary/aromatic N) is 2. The first kappa shape index (κ1) is 9.06. The Bertz CT molecular complexity index is 274. The maximum Gasteiger partial charge on any atom is 0.157 e. The van der Waals surface area contributed by atoms with Gasteiger partial charge in [0.15, 0.2) is 11.0 Å². The lowest BCUT2D eigenvalue weighted by atomic mass is 10.2. The summed E-state index contributed by atoms with van der Waals surface area (Å²) in [5.41, 5.74) is 11.2. The van der Waals surface area contributed by atoms with E-state index in [1.54, 1.807) is 0 Å². The van der Waals surface area contributed by atoms with Gasteiger partial charge in [0.2, 0.25) is 0 Å². The first-order chi connectivity index (χ1) is 5.52. The molecule has 0 radical (unpaired) electrons. The Balaban J connectivity index is 3.21. The van der Waals surface area contributed by atoms with Crippen LogP contribution in [0.15, 0.2) is 0 Å². The molecule has 5 heteroatoms. The zero-order chi connectivity index (χ0) is 9.30. The lowest BCUT2D eigenvalue weighted by molar-refractivity contribution is 0.778. The van der Waals surface area contributed by atoms with Crippen LogP contribution in [0.1, 0.15) is 25.6 Å². The topological polar surface area (TPSA) is 77.8 Å². The van der Waals surface area contributed by atoms with Gasteiger partial charge in [-0.15, -0.1) is 0 Å². The Morgan fingerprint density at radius 2 is 1.83 bits per heavy atom. The van der Waals surface area contributed by atoms with Gasteiger partial charge in [-0.1, -0.05) is 25.4 Å². The van der Waals surface area contributed by atoms with E-state index in [2.05, 4.69) is 9.97 Å². The average Bonchev–Trinajstić information content (AvgIpc) is 1.99. The van der Waals surface area contributed by atoms with E-state index >= 15 is 0 Å². The van der Waals surface area contributed by atoms with Gasteiger partial charge in [-0.05, 0) is 0 Å². The number of hydrogen-bond acceptors (Lipinski definition) is 4. The van der Waals surface area contributed by atoms with Crippen molar-refractivity contribution in [3.05, 3.63) is 11.0 Å². The molecule has 0 saturated heterocycles. The van der Waals surface area contributed by atoms with Gasteiger partial charge in [-0.25, -0.2) is 9.97 Å². The molecule has 0 spiro atoms. The molecule has 0 amide bonds. The van der Waals surface area contributed by atoms with Crippen molar-refractivity contribution in [3.8, 4) is 0 Å². The van der Waals surface area contributed by atoms with Crippen LogP contribution in [-0.4, -0.2) is 9.97 Å². The lowest BCUT2D eigenvalue weighted by Gasteiger charge is -2.06. The number of nitrogen functional groups attached to an aromatic ring is 2. The first-order valence-electron chi connectivity index (χ1n) is 3.60. The summed E-state index contributed by atoms with van der Waals surface area (Å²) in [6, 6.07) is 0. The third-order valence-corrected chi connectivity index (χ3v) is 1.75. The van der Waals surface area contributed by atoms with Crippen molar-refractivity contribution in [2.75, 3.05) is 11.5 Å². The van der Waals surface area contributed by atoms with Crippen LogP contribution in [0.4, 0.5) is 11.5 Å². The van der Waals surface area contributed by atoms with Gasteiger partial charge >= 0.3 is 0 Å². The fraction of sp³-hybridized carbons (Fsp3) is 0.429. The summed E-state index contributed by atoms with van der Waals surface area (Å²) in [6.07, 6.45) is 0. The van der Waals surface area contributed by atoms with Gasteiger partial charge in [0.1, 0.15) is 11.5 Å². The zero-order valence-corrected chi connectivity index (χ0v) is 7.76. The maximum absolute atomic E-state index is 5.71. The number of hydrogen-bond donors (Lipinski definition) is 2. The Morgan fingerprint density at radius 3 is 2.25 bits per heavy atom. The van der Waals surface area contributed by atoms with Crippen LogP contribution < -0.4 is 11.5 Å². The third-order valence-electron chi connectivity index (χ3n) is 1.46. The molecule has 0 aromatic carbocycles. The second kappa shape index (κ2) is 3.15. The minimum absolute atomic E-state index is 0.199. The molecule has 0 bridgehead atoms. The van der Waals surface area contributed by atoms with E-state index in [1.807, 2.05) is 13.8 Å². The molecule has 4 N–H and O–H groups in total. The number of nitrogens with two attached hydrogens (primary N) is 2. The fourth-order valence-electron chi connectivity index (χ4n) is 0.733. The fourth-order valence-corrected chi connectivity index (χ4v) is 0.917. The zero-order valence-electron chi connectivity index (χ0n) is 7.00. The predicted octanol–water partition coefficient (Wildman–Crippen LogP) is 1.42. The molecule has 0 atom stereocenters. The predicted molar refractivity (Wildman–Crippen MR) is 50.0 cm³/mol. The number of rotatable bonds is 1. The molecule has 0 unspecified atom stereocenters. The van der Waals surface area contributed by atoms with Crippen LogP contribution in [0.25, 0.3) is 0 Å². The molecule has 0 aliphatic rings. The van der Waals surface area contributed by atoms with E-state index in [0.29, 0.717) is 5.82 Å². The van der Waals surface area contributed by atoms with Crippen LogP contribution in [0, 0.1) is 0 Å². The summed E-state index contributed by atoms with van der Waals surface area (Å²) in [5.74, 6) is 1.07. The molecule has 0 aliphatic carbocycles. The summed E-state index contributed by atoms with van der Waals surface area (Å²) in [5, 5.41) is 0.228. The molecule has 1 aromatic rings. The standard InChI is InChI=1S/C7H11ClN4/c1-3(2)7-11-5(8)4(9)6(10)12-7/h3H,9H2,1-2H3,(H2,10,11,12). The van der Waals surface area contributed by atoms with E-state index in [-0.39, 0.29) is 22.6 Å². The van der Waals surface area contributed by atoms with E-state index < -0.39 is 0 Å². The van der Waals surface area contributed by atoms with Crippen LogP contribution in [0.3, 0.4) is 0 Å². The molecule has 0 aliphatic heterocycles. The van der Waals surface area contributed by atoms with Gasteiger partial charge < -0.3 is 11.5 Å². The van der Waals surface area contributed by atoms with E-state index in [4.69, 9.17) is 23.1 Å². The van der Waals surface area contributed by atoms with Crippen molar-refractivity contribution in [1.82, 2.24) is 9.97 Å². The highest BCUT2D eigenvalue weighted by atomic mass is 35.5. The van der Waals surface area contributed by atoms with E-state index in [9.17, 15) is 0 Å². The largest absolute Gasteiger partial charge is 0.393 e. The van der Waals surface area contributed by atoms with Crippen LogP contribution in [0.2, 0.25) is 5.15 Å². The summed E-state index contributed by atoms with van der Waals surface area (Å²) in [6.45, 7) is 3.92. The van der Waals surface area contributed by atoms with Crippen molar-refractivity contribution >= 4 is 23.1 Å². The summed E-state index contributed by atoms with van der Waals surface area (Å²) >= 11 is 5.71. The molecular formula is C7H11ClN4. The number of aromatic nitrogens is 2. The summed E-state index contributed by atoms with van der Waals surface area (Å²) in [4.78, 5) is 7.97. The van der Waals surface area contributed by atoms with Crippen molar-refractivity contribution < 1.29 is 0 Å². The SMILES string of the molecule is CC(C)c1nc(N)c(N)c(Cl)n1. The van der Waals surface area contributed by atoms with E-state index in [1.165, 1.54) is 0 Å². The first-order valence-corrected chi connectivity index (χ1v) is 3.98. The highest BCUT2D eigenvalue weighted by molar-refractivity contribution is 6.32. The average molecular weight is 187 g/mol. The molecule has 1 heterocycles. The third kappa shape index (κ3) is 1.58. The van der Waals surface area contributed by atoms with Crippen LogP contribution in [0.5, 0.6) is 0 Å². The Kier molecular flexibility index (Phi) is 2.38. The Hall–Kier alpha value is -1.03. The van der Waals surface area contributed by atoms with Gasteiger partial charge in [0.25, 0.3) is 0 Å². The molecule has 66 valence electrons. The molecule has 0 saturated carbocycles. The second-order valence-electron chi connectivity index (χ2n) is 2.83. The summed E-state index contributed by atoms with van der Waals surface area (Å²) < 4.78 is 0. The van der Waals surface area contributed by atoms with Crippen LogP contribution in [-0.2, 0) is 0 Å². The quantitative estimate of drug-likeness (QED) is 0.651. The van der Waals surface area contributed by atoms with Gasteiger partial charge in [-0.2, -0.15) is 0 Å². The van der Waals surface area contributed by atoms with Crippen molar-refractivity contribution in [1.29, 1.82) is 0 Å². The number of halogens is 1. The minimum Gasteiger partial charge on any atom is -0.393 e. The Morgan fingerprint density at radius 1 is 1.25 bits per heavy atom. The summed E-state index contributed by atoms with van der Waals surface area (Å²) in [7, 11) is 0. The smallest absolute Gasteiger partial charge is 0.157 e. The van der Waals surface area contributed by atoms with Gasteiger partial charge in [0.05, 0.1) is 0 Å². The minimum atomic E-state index is 0.199. The van der Waals surface area contributed by atoms with E-state index in [0.717, 1.165) is 0 Å². The van der Waals surface area contributed by atoms with Crippen LogP contribution >= 0.6 is 11.6 Å². The lowest BCUT2D eigenvalue weighted by Crippen LogP contribution is -2.06. The van der Waals surface area contributed by atoms with Crippen molar-refractivity contribution in [2.24, 2.45) is 0 Å². The molecule has 4 nitrogen and oxygen atoms in total. The van der Waals surface area contributed by atoms with Gasteiger partial charge in [0, 0.05) is 5.92 Å². The molecule has 0 fully saturated rings. The maximum atomic E-state index is 5.71. The molecule has 1 aromatic heterocycles.